The summed E-state index contributed by atoms with van der Waals surface area (Å²) in [4.78, 5) is 0. The predicted molar refractivity (Wildman–Crippen MR) is 106 cm³/mol. The summed E-state index contributed by atoms with van der Waals surface area (Å²) in [5.74, 6) is -0.248. The SMILES string of the molecule is OCC1OC(Oc2cc(O)cc3c2C=CC(c2ccc(O)c(O)c2)[OH+]3)C(O)C(O)C1O. The minimum Gasteiger partial charge on any atom is -0.574 e. The van der Waals surface area contributed by atoms with Gasteiger partial charge in [-0.3, -0.25) is 0 Å². The van der Waals surface area contributed by atoms with Crippen molar-refractivity contribution in [3.8, 4) is 28.7 Å². The van der Waals surface area contributed by atoms with E-state index in [0.717, 1.165) is 0 Å². The lowest BCUT2D eigenvalue weighted by molar-refractivity contribution is -0.277. The van der Waals surface area contributed by atoms with Crippen molar-refractivity contribution in [2.24, 2.45) is 0 Å². The second kappa shape index (κ2) is 8.25. The first kappa shape index (κ1) is 21.2. The standard InChI is InChI=1S/C21H22O10/c22-8-17-18(26)19(27)20(28)21(31-17)30-16-7-10(23)6-15-11(16)2-4-14(29-15)9-1-3-12(24)13(25)5-9/h1-7,14,17-28H,8H2/p+1. The Morgan fingerprint density at radius 2 is 1.71 bits per heavy atom. The highest BCUT2D eigenvalue weighted by Gasteiger charge is 2.45. The lowest BCUT2D eigenvalue weighted by Crippen LogP contribution is -2.60. The largest absolute Gasteiger partial charge is 0.574 e. The summed E-state index contributed by atoms with van der Waals surface area (Å²) in [6, 6.07) is 7.03. The number of ether oxygens (including phenoxy) is 3. The number of rotatable bonds is 4. The number of hydrogen-bond acceptors (Lipinski definition) is 9. The average molecular weight is 435 g/mol. The van der Waals surface area contributed by atoms with Crippen molar-refractivity contribution in [2.75, 3.05) is 6.61 Å². The van der Waals surface area contributed by atoms with Crippen molar-refractivity contribution >= 4 is 6.08 Å². The van der Waals surface area contributed by atoms with Gasteiger partial charge in [0.25, 0.3) is 5.75 Å². The van der Waals surface area contributed by atoms with Gasteiger partial charge in [0.2, 0.25) is 12.4 Å². The fraction of sp³-hybridized carbons (Fsp3) is 0.333. The molecule has 2 aromatic carbocycles. The predicted octanol–water partition coefficient (Wildman–Crippen LogP) is -0.00850. The van der Waals surface area contributed by atoms with E-state index in [1.807, 2.05) is 0 Å². The van der Waals surface area contributed by atoms with E-state index in [1.165, 1.54) is 24.3 Å². The molecule has 0 amide bonds. The van der Waals surface area contributed by atoms with Crippen molar-refractivity contribution < 1.29 is 50.0 Å². The van der Waals surface area contributed by atoms with Crippen LogP contribution in [0.15, 0.2) is 36.4 Å². The Morgan fingerprint density at radius 3 is 2.42 bits per heavy atom. The van der Waals surface area contributed by atoms with Gasteiger partial charge in [-0.25, -0.2) is 0 Å². The second-order valence-corrected chi connectivity index (χ2v) is 7.37. The molecular weight excluding hydrogens is 412 g/mol. The van der Waals surface area contributed by atoms with Crippen LogP contribution in [0.1, 0.15) is 17.2 Å². The molecule has 0 saturated carbocycles. The molecule has 0 aromatic heterocycles. The molecule has 166 valence electrons. The van der Waals surface area contributed by atoms with E-state index in [9.17, 15) is 35.7 Å². The van der Waals surface area contributed by atoms with Gasteiger partial charge < -0.3 is 50.0 Å². The number of fused-ring (bicyclic) bond motifs is 1. The number of aromatic hydroxyl groups is 4. The first-order valence-electron chi connectivity index (χ1n) is 9.53. The van der Waals surface area contributed by atoms with Crippen LogP contribution in [0.2, 0.25) is 0 Å². The van der Waals surface area contributed by atoms with Crippen LogP contribution in [0.25, 0.3) is 6.08 Å². The van der Waals surface area contributed by atoms with Crippen molar-refractivity contribution in [1.29, 1.82) is 0 Å². The van der Waals surface area contributed by atoms with Crippen LogP contribution in [0.3, 0.4) is 0 Å². The van der Waals surface area contributed by atoms with E-state index in [4.69, 9.17) is 9.47 Å². The third-order valence-corrected chi connectivity index (χ3v) is 5.26. The van der Waals surface area contributed by atoms with E-state index in [2.05, 4.69) is 4.74 Å². The quantitative estimate of drug-likeness (QED) is 0.257. The summed E-state index contributed by atoms with van der Waals surface area (Å²) >= 11 is 0. The van der Waals surface area contributed by atoms with E-state index in [1.54, 1.807) is 18.2 Å². The molecule has 2 heterocycles. The second-order valence-electron chi connectivity index (χ2n) is 7.37. The molecule has 4 rings (SSSR count). The first-order chi connectivity index (χ1) is 14.8. The van der Waals surface area contributed by atoms with Crippen LogP contribution in [0, 0.1) is 0 Å². The van der Waals surface area contributed by atoms with Gasteiger partial charge in [-0.05, 0) is 24.3 Å². The minimum atomic E-state index is -1.60. The van der Waals surface area contributed by atoms with Crippen LogP contribution < -0.4 is 4.74 Å². The van der Waals surface area contributed by atoms with Crippen LogP contribution in [0.5, 0.6) is 28.7 Å². The maximum atomic E-state index is 10.2. The zero-order valence-corrected chi connectivity index (χ0v) is 16.1. The summed E-state index contributed by atoms with van der Waals surface area (Å²) in [5, 5.41) is 68.7. The number of aliphatic hydroxyl groups is 5. The third-order valence-electron chi connectivity index (χ3n) is 5.26. The molecule has 0 bridgehead atoms. The molecule has 2 aliphatic rings. The summed E-state index contributed by atoms with van der Waals surface area (Å²) < 4.78 is 15.6. The monoisotopic (exact) mass is 435 g/mol. The normalized spacial score (nSPS) is 29.8. The molecular formula is C21H23O10+. The molecule has 2 aromatic rings. The Hall–Kier alpha value is -3.02. The maximum absolute atomic E-state index is 10.2. The van der Waals surface area contributed by atoms with Crippen LogP contribution in [-0.2, 0) is 4.74 Å². The average Bonchev–Trinajstić information content (AvgIpc) is 2.75. The first-order valence-corrected chi connectivity index (χ1v) is 9.53. The van der Waals surface area contributed by atoms with Gasteiger partial charge in [0.15, 0.2) is 11.5 Å². The van der Waals surface area contributed by atoms with Gasteiger partial charge in [-0.2, -0.15) is 0 Å². The van der Waals surface area contributed by atoms with Crippen molar-refractivity contribution in [1.82, 2.24) is 0 Å². The maximum Gasteiger partial charge on any atom is 0.270 e. The fourth-order valence-corrected chi connectivity index (χ4v) is 3.55. The number of aliphatic hydroxyl groups excluding tert-OH is 4. The lowest BCUT2D eigenvalue weighted by atomic mass is 9.99. The zero-order valence-electron chi connectivity index (χ0n) is 16.1. The molecule has 6 unspecified atom stereocenters. The topological polar surface area (TPSA) is 173 Å². The Morgan fingerprint density at radius 1 is 0.935 bits per heavy atom. The number of benzene rings is 2. The van der Waals surface area contributed by atoms with E-state index < -0.39 is 43.4 Å². The Balaban J connectivity index is 1.60. The molecule has 0 radical (unpaired) electrons. The summed E-state index contributed by atoms with van der Waals surface area (Å²) in [6.45, 7) is -0.598. The highest BCUT2D eigenvalue weighted by Crippen LogP contribution is 2.43. The van der Waals surface area contributed by atoms with E-state index >= 15 is 0 Å². The third kappa shape index (κ3) is 3.99. The molecule has 10 heteroatoms. The van der Waals surface area contributed by atoms with Gasteiger partial charge >= 0.3 is 0 Å². The van der Waals surface area contributed by atoms with Crippen molar-refractivity contribution in [2.45, 2.75) is 36.8 Å². The fourth-order valence-electron chi connectivity index (χ4n) is 3.55. The summed E-state index contributed by atoms with van der Waals surface area (Å²) in [5.41, 5.74) is 1.07. The van der Waals surface area contributed by atoms with Crippen LogP contribution >= 0.6 is 0 Å². The number of hydrogen-bond donors (Lipinski definition) is 7. The van der Waals surface area contributed by atoms with E-state index in [-0.39, 0.29) is 23.0 Å². The summed E-state index contributed by atoms with van der Waals surface area (Å²) in [6.07, 6.45) is -4.38. The number of phenols is 3. The van der Waals surface area contributed by atoms with E-state index in [0.29, 0.717) is 16.9 Å². The molecule has 2 aliphatic heterocycles. The van der Waals surface area contributed by atoms with Crippen molar-refractivity contribution in [3.63, 3.8) is 0 Å². The molecule has 0 aliphatic carbocycles. The highest BCUT2D eigenvalue weighted by atomic mass is 16.7. The highest BCUT2D eigenvalue weighted by molar-refractivity contribution is 5.68. The van der Waals surface area contributed by atoms with Gasteiger partial charge in [0, 0.05) is 12.1 Å². The van der Waals surface area contributed by atoms with Crippen LogP contribution in [-0.4, -0.2) is 77.8 Å². The minimum absolute atomic E-state index is 0.103. The van der Waals surface area contributed by atoms with Gasteiger partial charge in [0.1, 0.15) is 41.5 Å². The smallest absolute Gasteiger partial charge is 0.270 e. The van der Waals surface area contributed by atoms with Gasteiger partial charge in [-0.15, -0.1) is 0 Å². The molecule has 6 atom stereocenters. The number of phenolic OH excluding ortho intramolecular Hbond substituents is 3. The lowest BCUT2D eigenvalue weighted by Gasteiger charge is -2.39. The molecule has 31 heavy (non-hydrogen) atoms. The molecule has 8 N–H and O–H groups in total. The summed E-state index contributed by atoms with van der Waals surface area (Å²) in [7, 11) is 0. The Kier molecular flexibility index (Phi) is 5.65. The zero-order chi connectivity index (χ0) is 22.3. The van der Waals surface area contributed by atoms with Gasteiger partial charge in [0.05, 0.1) is 18.2 Å². The molecule has 1 fully saturated rings. The molecule has 0 spiro atoms. The molecule has 1 saturated heterocycles. The molecule has 10 nitrogen and oxygen atoms in total. The van der Waals surface area contributed by atoms with Crippen LogP contribution in [0.4, 0.5) is 0 Å². The van der Waals surface area contributed by atoms with Crippen molar-refractivity contribution in [3.05, 3.63) is 47.5 Å². The van der Waals surface area contributed by atoms with Gasteiger partial charge in [-0.1, -0.05) is 0 Å². The Bertz CT molecular complexity index is 988. The Labute approximate surface area is 176 Å².